The molecule has 15 nitrogen and oxygen atoms in total. The Morgan fingerprint density at radius 2 is 1.41 bits per heavy atom. The second-order valence-corrected chi connectivity index (χ2v) is 25.0. The third-order valence-electron chi connectivity index (χ3n) is 13.3. The van der Waals surface area contributed by atoms with Gasteiger partial charge in [-0.05, 0) is 128 Å². The number of anilines is 4. The van der Waals surface area contributed by atoms with E-state index in [1.807, 2.05) is 54.6 Å². The number of hydrogen-bond acceptors (Lipinski definition) is 13. The highest BCUT2D eigenvalue weighted by Crippen LogP contribution is 2.41. The van der Waals surface area contributed by atoms with Gasteiger partial charge >= 0.3 is 5.51 Å². The second-order valence-electron chi connectivity index (χ2n) is 18.6. The summed E-state index contributed by atoms with van der Waals surface area (Å²) in [4.78, 5) is 18.9. The summed E-state index contributed by atoms with van der Waals surface area (Å²) in [6, 6.07) is 31.1. The number of rotatable bonds is 18. The van der Waals surface area contributed by atoms with E-state index in [9.17, 15) is 52.7 Å². The van der Waals surface area contributed by atoms with Crippen molar-refractivity contribution in [2.24, 2.45) is 7.05 Å². The van der Waals surface area contributed by atoms with Crippen molar-refractivity contribution in [3.8, 4) is 22.4 Å². The van der Waals surface area contributed by atoms with Crippen LogP contribution in [0.15, 0.2) is 136 Å². The zero-order chi connectivity index (χ0) is 53.9. The number of piperazine rings is 1. The zero-order valence-electron chi connectivity index (χ0n) is 41.2. The van der Waals surface area contributed by atoms with Gasteiger partial charge in [-0.3, -0.25) is 9.52 Å². The second kappa shape index (κ2) is 22.6. The van der Waals surface area contributed by atoms with E-state index in [2.05, 4.69) is 29.5 Å². The minimum Gasteiger partial charge on any atom is -0.393 e. The molecule has 0 unspecified atom stereocenters. The predicted molar refractivity (Wildman–Crippen MR) is 286 cm³/mol. The van der Waals surface area contributed by atoms with Gasteiger partial charge in [0, 0.05) is 97.9 Å². The van der Waals surface area contributed by atoms with E-state index in [1.54, 1.807) is 42.8 Å². The van der Waals surface area contributed by atoms with Crippen molar-refractivity contribution < 1.29 is 52.7 Å². The van der Waals surface area contributed by atoms with Crippen LogP contribution in [0.1, 0.15) is 35.3 Å². The summed E-state index contributed by atoms with van der Waals surface area (Å²) >= 11 is 1.44. The molecule has 0 aliphatic carbocycles. The number of halogens is 4. The summed E-state index contributed by atoms with van der Waals surface area (Å²) in [6.07, 6.45) is 2.08. The van der Waals surface area contributed by atoms with Gasteiger partial charge in [0.05, 0.1) is 34.2 Å². The summed E-state index contributed by atoms with van der Waals surface area (Å²) in [5.41, 5.74) is -1.51. The van der Waals surface area contributed by atoms with Gasteiger partial charge in [0.15, 0.2) is 0 Å². The first kappa shape index (κ1) is 55.1. The molecule has 3 heterocycles. The number of nitrogens with one attached hydrogen (secondary N) is 3. The molecule has 5 aromatic carbocycles. The van der Waals surface area contributed by atoms with E-state index in [0.717, 1.165) is 34.7 Å². The smallest absolute Gasteiger partial charge is 0.393 e. The molecule has 400 valence electrons. The predicted octanol–water partition coefficient (Wildman–Crippen LogP) is 8.34. The van der Waals surface area contributed by atoms with Crippen LogP contribution in [-0.2, 0) is 36.9 Å². The van der Waals surface area contributed by atoms with Gasteiger partial charge in [-0.2, -0.15) is 13.2 Å². The van der Waals surface area contributed by atoms with E-state index in [4.69, 9.17) is 0 Å². The van der Waals surface area contributed by atoms with Crippen molar-refractivity contribution in [2.45, 2.75) is 58.5 Å². The number of piperidine rings is 1. The Hall–Kier alpha value is -6.11. The first-order valence-electron chi connectivity index (χ1n) is 24.0. The fraction of sp³-hybridized carbons (Fsp3) is 0.327. The Morgan fingerprint density at radius 1 is 0.773 bits per heavy atom. The van der Waals surface area contributed by atoms with Crippen LogP contribution < -0.4 is 24.6 Å². The Bertz CT molecular complexity index is 3350. The minimum atomic E-state index is -6.05. The van der Waals surface area contributed by atoms with Crippen LogP contribution in [0.5, 0.6) is 0 Å². The quantitative estimate of drug-likeness (QED) is 0.0475. The Labute approximate surface area is 439 Å². The maximum Gasteiger partial charge on any atom is 0.501 e. The number of amides is 1. The average molecular weight is 1110 g/mol. The summed E-state index contributed by atoms with van der Waals surface area (Å²) in [5, 5.41) is 13.0. The third kappa shape index (κ3) is 13.1. The Morgan fingerprint density at radius 3 is 2.04 bits per heavy atom. The molecule has 2 aliphatic heterocycles. The molecule has 4 N–H and O–H groups in total. The SMILES string of the molecule is Cc1c(C(=O)NS(C)(=O)=O)c(-c2cccc(N3CCN(c4ccc(NS(=O)(=O)c5ccc(N[C@H](CCN6CCC(O)CC6)CSc6ccccc6)c(S(=O)(=O)C(F)(F)F)c5)cc4)CC3)c2)c(-c2ccc(F)cc2)n1C. The lowest BCUT2D eigenvalue weighted by atomic mass is 9.96. The van der Waals surface area contributed by atoms with Crippen LogP contribution in [0.25, 0.3) is 22.4 Å². The van der Waals surface area contributed by atoms with E-state index < -0.39 is 69.1 Å². The monoisotopic (exact) mass is 1110 g/mol. The number of alkyl halides is 3. The van der Waals surface area contributed by atoms with Crippen molar-refractivity contribution in [1.82, 2.24) is 14.2 Å². The number of likely N-dealkylation sites (tertiary alicyclic amines) is 1. The zero-order valence-corrected chi connectivity index (χ0v) is 44.5. The molecule has 2 aliphatic rings. The van der Waals surface area contributed by atoms with Gasteiger partial charge in [-0.1, -0.05) is 30.3 Å². The number of aromatic nitrogens is 1. The molecule has 2 fully saturated rings. The number of aliphatic hydroxyl groups excluding tert-OH is 1. The van der Waals surface area contributed by atoms with Gasteiger partial charge in [-0.25, -0.2) is 34.4 Å². The van der Waals surface area contributed by atoms with Crippen molar-refractivity contribution in [3.63, 3.8) is 0 Å². The van der Waals surface area contributed by atoms with Crippen LogP contribution in [0.2, 0.25) is 0 Å². The van der Waals surface area contributed by atoms with Gasteiger partial charge in [0.1, 0.15) is 10.7 Å². The Kier molecular flexibility index (Phi) is 16.6. The van der Waals surface area contributed by atoms with Crippen molar-refractivity contribution in [3.05, 3.63) is 138 Å². The van der Waals surface area contributed by atoms with Gasteiger partial charge in [0.2, 0.25) is 10.0 Å². The number of sulfonamides is 2. The molecule has 0 radical (unpaired) electrons. The van der Waals surface area contributed by atoms with Gasteiger partial charge in [0.25, 0.3) is 25.8 Å². The average Bonchev–Trinajstić information content (AvgIpc) is 3.64. The van der Waals surface area contributed by atoms with E-state index >= 15 is 0 Å². The number of thioether (sulfide) groups is 1. The number of benzene rings is 5. The number of carbonyl (C=O) groups excluding carboxylic acids is 1. The minimum absolute atomic E-state index is 0.0839. The lowest BCUT2D eigenvalue weighted by molar-refractivity contribution is -0.0436. The van der Waals surface area contributed by atoms with E-state index in [-0.39, 0.29) is 16.9 Å². The molecule has 1 atom stereocenters. The normalized spacial score (nSPS) is 15.7. The van der Waals surface area contributed by atoms with Crippen LogP contribution in [0.4, 0.5) is 40.3 Å². The molecule has 0 bridgehead atoms. The molecule has 8 rings (SSSR count). The highest BCUT2D eigenvalue weighted by molar-refractivity contribution is 7.99. The summed E-state index contributed by atoms with van der Waals surface area (Å²) in [5.74, 6) is -0.898. The fourth-order valence-corrected chi connectivity index (χ4v) is 12.8. The molecule has 75 heavy (non-hydrogen) atoms. The summed E-state index contributed by atoms with van der Waals surface area (Å²) in [7, 11) is -12.9. The standard InChI is InChI=1S/C52H57F4N7O8S4/c1-35-48(51(65)59-73(3,66)67)49(50(60(35)2)36-12-14-38(53)15-13-36)37-8-7-9-42(32-37)63-30-28-62(29-31-63)41-18-16-39(17-19-41)58-75(70,71)45-20-21-46(47(33-45)74(68,69)52(54,55)56)57-40(34-72-44-10-5-4-6-11-44)22-25-61-26-23-43(64)24-27-61/h4-21,32-33,40,43,57-58,64H,22-31,34H2,1-3H3,(H,59,65)/t40-/m1/s1. The number of aliphatic hydroxyl groups is 1. The maximum atomic E-state index is 14.3. The van der Waals surface area contributed by atoms with Crippen LogP contribution in [-0.4, -0.2) is 121 Å². The topological polar surface area (TPSA) is 190 Å². The third-order valence-corrected chi connectivity index (χ3v) is 18.0. The van der Waals surface area contributed by atoms with Gasteiger partial charge < -0.3 is 29.7 Å². The number of hydrogen-bond donors (Lipinski definition) is 4. The van der Waals surface area contributed by atoms with Crippen molar-refractivity contribution >= 4 is 70.3 Å². The highest BCUT2D eigenvalue weighted by Gasteiger charge is 2.48. The Balaban J connectivity index is 0.972. The summed E-state index contributed by atoms with van der Waals surface area (Å²) in [6.45, 7) is 5.66. The first-order chi connectivity index (χ1) is 35.5. The molecule has 0 spiro atoms. The molecule has 1 amide bonds. The maximum absolute atomic E-state index is 14.3. The molecule has 2 saturated heterocycles. The number of sulfone groups is 1. The molecule has 0 saturated carbocycles. The molecular weight excluding hydrogens is 1050 g/mol. The van der Waals surface area contributed by atoms with E-state index in [0.29, 0.717) is 105 Å². The number of nitrogens with zero attached hydrogens (tertiary/aromatic N) is 4. The van der Waals surface area contributed by atoms with Crippen molar-refractivity contribution in [1.29, 1.82) is 0 Å². The fourth-order valence-electron chi connectivity index (χ4n) is 9.31. The largest absolute Gasteiger partial charge is 0.501 e. The molecular formula is C52H57F4N7O8S4. The van der Waals surface area contributed by atoms with Crippen LogP contribution >= 0.6 is 11.8 Å². The molecule has 6 aromatic rings. The highest BCUT2D eigenvalue weighted by atomic mass is 32.2. The van der Waals surface area contributed by atoms with Crippen molar-refractivity contribution in [2.75, 3.05) is 77.7 Å². The van der Waals surface area contributed by atoms with Crippen LogP contribution in [0, 0.1) is 12.7 Å². The lowest BCUT2D eigenvalue weighted by Crippen LogP contribution is -2.46. The van der Waals surface area contributed by atoms with Gasteiger partial charge in [-0.15, -0.1) is 11.8 Å². The number of carbonyl (C=O) groups is 1. The first-order valence-corrected chi connectivity index (χ1v) is 29.8. The van der Waals surface area contributed by atoms with Crippen LogP contribution in [0.3, 0.4) is 0 Å². The molecule has 23 heteroatoms. The van der Waals surface area contributed by atoms with E-state index in [1.165, 1.54) is 36.0 Å². The lowest BCUT2D eigenvalue weighted by Gasteiger charge is -2.37. The summed E-state index contributed by atoms with van der Waals surface area (Å²) < 4.78 is 142. The molecule has 1 aromatic heterocycles.